The fraction of sp³-hybridized carbons (Fsp3) is 1.00. The molecule has 0 amide bonds. The van der Waals surface area contributed by atoms with Crippen LogP contribution < -0.4 is 10.6 Å². The van der Waals surface area contributed by atoms with Crippen molar-refractivity contribution in [1.82, 2.24) is 10.6 Å². The minimum Gasteiger partial charge on any atom is -0.362 e. The maximum Gasteiger partial charge on any atom is 0.120 e. The molecule has 0 saturated carbocycles. The molecular formula is C7H14N2O. The molecule has 3 heteroatoms. The Labute approximate surface area is 61.1 Å². The predicted octanol–water partition coefficient (Wildman–Crippen LogP) is -0.316. The van der Waals surface area contributed by atoms with Crippen molar-refractivity contribution in [1.29, 1.82) is 0 Å². The van der Waals surface area contributed by atoms with Crippen molar-refractivity contribution in [2.75, 3.05) is 19.7 Å². The molecule has 3 aliphatic heterocycles. The molecule has 3 rings (SSSR count). The van der Waals surface area contributed by atoms with E-state index < -0.39 is 0 Å². The zero-order chi connectivity index (χ0) is 6.81. The molecule has 0 aromatic heterocycles. The number of nitrogens with one attached hydrogen (secondary N) is 2. The summed E-state index contributed by atoms with van der Waals surface area (Å²) >= 11 is 0. The molecule has 0 spiro atoms. The van der Waals surface area contributed by atoms with Gasteiger partial charge < -0.3 is 10.1 Å². The lowest BCUT2D eigenvalue weighted by atomic mass is 10.1. The molecule has 0 aromatic carbocycles. The van der Waals surface area contributed by atoms with E-state index in [-0.39, 0.29) is 6.23 Å². The first-order valence-electron chi connectivity index (χ1n) is 4.03. The number of rotatable bonds is 0. The average Bonchev–Trinajstić information content (AvgIpc) is 1.89. The summed E-state index contributed by atoms with van der Waals surface area (Å²) in [6, 6.07) is 0.695. The largest absolute Gasteiger partial charge is 0.362 e. The van der Waals surface area contributed by atoms with Crippen LogP contribution in [0.1, 0.15) is 12.8 Å². The van der Waals surface area contributed by atoms with Crippen molar-refractivity contribution in [2.45, 2.75) is 25.1 Å². The fourth-order valence-electron chi connectivity index (χ4n) is 1.57. The normalized spacial score (nSPS) is 40.8. The summed E-state index contributed by atoms with van der Waals surface area (Å²) < 4.78 is 5.50. The summed E-state index contributed by atoms with van der Waals surface area (Å²) in [6.45, 7) is 2.98. The van der Waals surface area contributed by atoms with E-state index >= 15 is 0 Å². The van der Waals surface area contributed by atoms with Gasteiger partial charge in [-0.15, -0.1) is 0 Å². The van der Waals surface area contributed by atoms with E-state index in [0.717, 1.165) is 19.7 Å². The van der Waals surface area contributed by atoms with E-state index in [4.69, 9.17) is 4.74 Å². The van der Waals surface area contributed by atoms with E-state index in [1.165, 1.54) is 12.8 Å². The van der Waals surface area contributed by atoms with Crippen LogP contribution in [0.25, 0.3) is 0 Å². The monoisotopic (exact) mass is 142 g/mol. The van der Waals surface area contributed by atoms with Gasteiger partial charge in [0.15, 0.2) is 0 Å². The van der Waals surface area contributed by atoms with Gasteiger partial charge in [0.1, 0.15) is 6.23 Å². The molecule has 0 aliphatic carbocycles. The first-order chi connectivity index (χ1) is 4.95. The van der Waals surface area contributed by atoms with Crippen LogP contribution in [0.3, 0.4) is 0 Å². The minimum atomic E-state index is 0.275. The maximum absolute atomic E-state index is 5.50. The smallest absolute Gasteiger partial charge is 0.120 e. The molecule has 3 heterocycles. The molecule has 2 bridgehead atoms. The summed E-state index contributed by atoms with van der Waals surface area (Å²) in [4.78, 5) is 0. The van der Waals surface area contributed by atoms with Gasteiger partial charge in [-0.1, -0.05) is 0 Å². The van der Waals surface area contributed by atoms with Crippen molar-refractivity contribution in [3.63, 3.8) is 0 Å². The molecule has 3 saturated heterocycles. The molecule has 3 aliphatic rings. The summed E-state index contributed by atoms with van der Waals surface area (Å²) in [5.74, 6) is 0. The first-order valence-corrected chi connectivity index (χ1v) is 4.03. The highest BCUT2D eigenvalue weighted by Gasteiger charge is 2.21. The van der Waals surface area contributed by atoms with Crippen LogP contribution in [0, 0.1) is 0 Å². The Kier molecular flexibility index (Phi) is 1.88. The molecule has 3 nitrogen and oxygen atoms in total. The fourth-order valence-corrected chi connectivity index (χ4v) is 1.57. The molecule has 0 radical (unpaired) electrons. The van der Waals surface area contributed by atoms with Gasteiger partial charge in [-0.2, -0.15) is 0 Å². The number of hydrogen-bond acceptors (Lipinski definition) is 3. The molecule has 2 N–H and O–H groups in total. The Hall–Kier alpha value is -0.120. The summed E-state index contributed by atoms with van der Waals surface area (Å²) in [6.07, 6.45) is 2.73. The van der Waals surface area contributed by atoms with Gasteiger partial charge in [0.25, 0.3) is 0 Å². The lowest BCUT2D eigenvalue weighted by Crippen LogP contribution is -2.56. The molecule has 2 atom stereocenters. The third-order valence-electron chi connectivity index (χ3n) is 2.20. The highest BCUT2D eigenvalue weighted by atomic mass is 16.5. The van der Waals surface area contributed by atoms with Crippen LogP contribution in [0.2, 0.25) is 0 Å². The number of hydrogen-bond donors (Lipinski definition) is 2. The second-order valence-corrected chi connectivity index (χ2v) is 3.02. The van der Waals surface area contributed by atoms with Gasteiger partial charge in [-0.05, 0) is 12.8 Å². The lowest BCUT2D eigenvalue weighted by molar-refractivity contribution is -0.00487. The molecular weight excluding hydrogens is 128 g/mol. The highest BCUT2D eigenvalue weighted by Crippen LogP contribution is 2.07. The summed E-state index contributed by atoms with van der Waals surface area (Å²) in [5.41, 5.74) is 0. The predicted molar refractivity (Wildman–Crippen MR) is 38.8 cm³/mol. The zero-order valence-electron chi connectivity index (χ0n) is 6.10. The van der Waals surface area contributed by atoms with E-state index in [1.807, 2.05) is 0 Å². The minimum absolute atomic E-state index is 0.275. The number of ether oxygens (including phenoxy) is 1. The number of fused-ring (bicyclic) bond motifs is 5. The second-order valence-electron chi connectivity index (χ2n) is 3.02. The van der Waals surface area contributed by atoms with Crippen LogP contribution in [0.4, 0.5) is 0 Å². The SMILES string of the molecule is C1COC2CNC(C1)CN2. The zero-order valence-corrected chi connectivity index (χ0v) is 6.10. The van der Waals surface area contributed by atoms with E-state index in [2.05, 4.69) is 10.6 Å². The lowest BCUT2D eigenvalue weighted by Gasteiger charge is -2.33. The molecule has 2 unspecified atom stereocenters. The standard InChI is InChI=1S/C7H14N2O/c1-2-6-4-9-7(5-8-6)10-3-1/h6-9H,1-5H2. The van der Waals surface area contributed by atoms with Crippen LogP contribution in [-0.2, 0) is 4.74 Å². The maximum atomic E-state index is 5.50. The Morgan fingerprint density at radius 3 is 3.00 bits per heavy atom. The van der Waals surface area contributed by atoms with Crippen molar-refractivity contribution in [3.05, 3.63) is 0 Å². The van der Waals surface area contributed by atoms with Gasteiger partial charge in [-0.25, -0.2) is 0 Å². The Bertz CT molecular complexity index is 90.7. The average molecular weight is 142 g/mol. The van der Waals surface area contributed by atoms with Gasteiger partial charge in [0, 0.05) is 25.7 Å². The Balaban J connectivity index is 1.94. The van der Waals surface area contributed by atoms with Crippen molar-refractivity contribution >= 4 is 0 Å². The molecule has 0 aromatic rings. The van der Waals surface area contributed by atoms with Crippen molar-refractivity contribution in [3.8, 4) is 0 Å². The molecule has 10 heavy (non-hydrogen) atoms. The van der Waals surface area contributed by atoms with Crippen LogP contribution in [0.5, 0.6) is 0 Å². The number of piperazine rings is 1. The first kappa shape index (κ1) is 6.58. The third-order valence-corrected chi connectivity index (χ3v) is 2.20. The molecule has 58 valence electrons. The summed E-state index contributed by atoms with van der Waals surface area (Å²) in [7, 11) is 0. The van der Waals surface area contributed by atoms with Crippen molar-refractivity contribution < 1.29 is 4.74 Å². The Morgan fingerprint density at radius 1 is 1.20 bits per heavy atom. The van der Waals surface area contributed by atoms with Gasteiger partial charge >= 0.3 is 0 Å². The highest BCUT2D eigenvalue weighted by molar-refractivity contribution is 4.80. The van der Waals surface area contributed by atoms with E-state index in [9.17, 15) is 0 Å². The van der Waals surface area contributed by atoms with Crippen LogP contribution in [-0.4, -0.2) is 32.0 Å². The summed E-state index contributed by atoms with van der Waals surface area (Å²) in [5, 5.41) is 6.77. The van der Waals surface area contributed by atoms with Crippen LogP contribution in [0.15, 0.2) is 0 Å². The topological polar surface area (TPSA) is 33.3 Å². The van der Waals surface area contributed by atoms with E-state index in [1.54, 1.807) is 0 Å². The quantitative estimate of drug-likeness (QED) is 0.486. The van der Waals surface area contributed by atoms with Crippen LogP contribution >= 0.6 is 0 Å². The van der Waals surface area contributed by atoms with E-state index in [0.29, 0.717) is 6.04 Å². The van der Waals surface area contributed by atoms with Gasteiger partial charge in [-0.3, -0.25) is 5.32 Å². The third kappa shape index (κ3) is 1.31. The Morgan fingerprint density at radius 2 is 2.20 bits per heavy atom. The van der Waals surface area contributed by atoms with Gasteiger partial charge in [0.2, 0.25) is 0 Å². The second kappa shape index (κ2) is 2.86. The molecule has 3 fully saturated rings. The van der Waals surface area contributed by atoms with Crippen molar-refractivity contribution in [2.24, 2.45) is 0 Å². The van der Waals surface area contributed by atoms with Gasteiger partial charge in [0.05, 0.1) is 0 Å².